The van der Waals surface area contributed by atoms with Crippen molar-refractivity contribution in [2.75, 3.05) is 45.9 Å². The second-order valence-electron chi connectivity index (χ2n) is 6.77. The third-order valence-corrected chi connectivity index (χ3v) is 4.62. The lowest BCUT2D eigenvalue weighted by Gasteiger charge is -2.36. The van der Waals surface area contributed by atoms with Crippen molar-refractivity contribution in [3.05, 3.63) is 24.3 Å². The van der Waals surface area contributed by atoms with Crippen LogP contribution in [0.2, 0.25) is 0 Å². The second kappa shape index (κ2) is 9.41. The highest BCUT2D eigenvalue weighted by Gasteiger charge is 2.32. The first kappa shape index (κ1) is 19.9. The van der Waals surface area contributed by atoms with Crippen molar-refractivity contribution < 1.29 is 23.9 Å². The van der Waals surface area contributed by atoms with Crippen molar-refractivity contribution in [1.82, 2.24) is 20.4 Å². The first-order valence-corrected chi connectivity index (χ1v) is 9.54. The minimum Gasteiger partial charge on any atom is -0.485 e. The number of fused-ring (bicyclic) bond motifs is 1. The Morgan fingerprint density at radius 1 is 1.11 bits per heavy atom. The molecular formula is C19H26N4O5. The molecule has 1 atom stereocenters. The third kappa shape index (κ3) is 5.13. The molecular weight excluding hydrogens is 364 g/mol. The van der Waals surface area contributed by atoms with Crippen molar-refractivity contribution in [2.45, 2.75) is 19.4 Å². The maximum atomic E-state index is 12.7. The molecule has 0 aliphatic carbocycles. The van der Waals surface area contributed by atoms with Crippen LogP contribution in [-0.4, -0.2) is 79.6 Å². The summed E-state index contributed by atoms with van der Waals surface area (Å²) >= 11 is 0. The number of carbonyl (C=O) groups excluding carboxylic acids is 3. The van der Waals surface area contributed by atoms with Crippen molar-refractivity contribution in [1.29, 1.82) is 0 Å². The third-order valence-electron chi connectivity index (χ3n) is 4.62. The molecule has 0 saturated carbocycles. The summed E-state index contributed by atoms with van der Waals surface area (Å²) in [5.74, 6) is 0.751. The number of carbonyl (C=O) groups is 3. The lowest BCUT2D eigenvalue weighted by Crippen LogP contribution is -2.55. The van der Waals surface area contributed by atoms with E-state index in [4.69, 9.17) is 9.47 Å². The number of rotatable bonds is 5. The molecule has 9 heteroatoms. The first-order valence-electron chi connectivity index (χ1n) is 9.54. The van der Waals surface area contributed by atoms with Crippen LogP contribution in [0.4, 0.5) is 4.79 Å². The van der Waals surface area contributed by atoms with Gasteiger partial charge in [0.1, 0.15) is 6.61 Å². The molecule has 2 aliphatic heterocycles. The molecule has 0 spiro atoms. The van der Waals surface area contributed by atoms with Gasteiger partial charge in [-0.25, -0.2) is 4.79 Å². The van der Waals surface area contributed by atoms with Crippen molar-refractivity contribution in [2.24, 2.45) is 0 Å². The maximum Gasteiger partial charge on any atom is 0.321 e. The number of para-hydroxylation sites is 2. The number of ether oxygens (including phenoxy) is 2. The van der Waals surface area contributed by atoms with E-state index in [0.717, 1.165) is 6.42 Å². The molecule has 3 rings (SSSR count). The summed E-state index contributed by atoms with van der Waals surface area (Å²) in [7, 11) is 0. The fourth-order valence-electron chi connectivity index (χ4n) is 3.12. The van der Waals surface area contributed by atoms with Gasteiger partial charge in [-0.2, -0.15) is 0 Å². The monoisotopic (exact) mass is 390 g/mol. The van der Waals surface area contributed by atoms with Gasteiger partial charge in [-0.3, -0.25) is 19.8 Å². The highest BCUT2D eigenvalue weighted by molar-refractivity contribution is 5.95. The van der Waals surface area contributed by atoms with E-state index in [9.17, 15) is 14.4 Å². The Bertz CT molecular complexity index is 718. The molecule has 0 bridgehead atoms. The summed E-state index contributed by atoms with van der Waals surface area (Å²) in [5.41, 5.74) is 0. The van der Waals surface area contributed by atoms with E-state index < -0.39 is 12.1 Å². The normalized spacial score (nSPS) is 19.0. The number of benzene rings is 1. The Kier molecular flexibility index (Phi) is 6.70. The minimum absolute atomic E-state index is 0.113. The van der Waals surface area contributed by atoms with E-state index in [1.807, 2.05) is 30.0 Å². The molecule has 9 nitrogen and oxygen atoms in total. The molecule has 0 unspecified atom stereocenters. The van der Waals surface area contributed by atoms with Gasteiger partial charge in [0.2, 0.25) is 12.0 Å². The standard InChI is InChI=1S/C19H26N4O5/c1-2-7-20-19(26)21-17(24)12-22-8-10-23(11-9-22)18(25)16-13-27-14-5-3-4-6-15(14)28-16/h3-6,16H,2,7-13H2,1H3,(H2,20,21,24,26)/t16-/m1/s1. The fraction of sp³-hybridized carbons (Fsp3) is 0.526. The Morgan fingerprint density at radius 3 is 2.54 bits per heavy atom. The number of piperazine rings is 1. The number of imide groups is 1. The second-order valence-corrected chi connectivity index (χ2v) is 6.77. The molecule has 2 aliphatic rings. The van der Waals surface area contributed by atoms with Crippen molar-refractivity contribution in [3.63, 3.8) is 0 Å². The number of nitrogens with zero attached hydrogens (tertiary/aromatic N) is 2. The highest BCUT2D eigenvalue weighted by Crippen LogP contribution is 2.31. The van der Waals surface area contributed by atoms with Crippen molar-refractivity contribution >= 4 is 17.8 Å². The van der Waals surface area contributed by atoms with Crippen LogP contribution in [-0.2, 0) is 9.59 Å². The Morgan fingerprint density at radius 2 is 1.82 bits per heavy atom. The number of amides is 4. The predicted octanol–water partition coefficient (Wildman–Crippen LogP) is 0.206. The van der Waals surface area contributed by atoms with Gasteiger partial charge < -0.3 is 19.7 Å². The molecule has 28 heavy (non-hydrogen) atoms. The zero-order chi connectivity index (χ0) is 19.9. The van der Waals surface area contributed by atoms with Crippen LogP contribution in [0.1, 0.15) is 13.3 Å². The molecule has 1 fully saturated rings. The van der Waals surface area contributed by atoms with E-state index in [-0.39, 0.29) is 25.0 Å². The number of hydrogen-bond acceptors (Lipinski definition) is 6. The van der Waals surface area contributed by atoms with Crippen LogP contribution in [0.5, 0.6) is 11.5 Å². The molecule has 152 valence electrons. The summed E-state index contributed by atoms with van der Waals surface area (Å²) in [6.45, 7) is 4.87. The number of hydrogen-bond donors (Lipinski definition) is 2. The molecule has 0 aromatic heterocycles. The van der Waals surface area contributed by atoms with E-state index in [1.54, 1.807) is 11.0 Å². The van der Waals surface area contributed by atoms with Crippen LogP contribution in [0.15, 0.2) is 24.3 Å². The average molecular weight is 390 g/mol. The van der Waals surface area contributed by atoms with Crippen LogP contribution in [0, 0.1) is 0 Å². The van der Waals surface area contributed by atoms with Gasteiger partial charge in [-0.05, 0) is 18.6 Å². The largest absolute Gasteiger partial charge is 0.485 e. The maximum absolute atomic E-state index is 12.7. The summed E-state index contributed by atoms with van der Waals surface area (Å²) in [6, 6.07) is 6.80. The summed E-state index contributed by atoms with van der Waals surface area (Å²) in [4.78, 5) is 39.8. The van der Waals surface area contributed by atoms with Gasteiger partial charge in [0, 0.05) is 32.7 Å². The number of urea groups is 1. The molecule has 2 heterocycles. The van der Waals surface area contributed by atoms with Gasteiger partial charge >= 0.3 is 6.03 Å². The van der Waals surface area contributed by atoms with Gasteiger partial charge in [-0.15, -0.1) is 0 Å². The highest BCUT2D eigenvalue weighted by atomic mass is 16.6. The van der Waals surface area contributed by atoms with Crippen LogP contribution < -0.4 is 20.1 Å². The van der Waals surface area contributed by atoms with E-state index in [1.165, 1.54) is 0 Å². The van der Waals surface area contributed by atoms with Gasteiger partial charge in [0.05, 0.1) is 6.54 Å². The summed E-state index contributed by atoms with van der Waals surface area (Å²) in [6.07, 6.45) is 0.144. The van der Waals surface area contributed by atoms with Gasteiger partial charge in [0.25, 0.3) is 5.91 Å². The zero-order valence-corrected chi connectivity index (χ0v) is 16.0. The fourth-order valence-corrected chi connectivity index (χ4v) is 3.12. The Labute approximate surface area is 163 Å². The molecule has 1 saturated heterocycles. The van der Waals surface area contributed by atoms with Gasteiger partial charge in [-0.1, -0.05) is 19.1 Å². The van der Waals surface area contributed by atoms with E-state index in [2.05, 4.69) is 10.6 Å². The topological polar surface area (TPSA) is 100 Å². The first-order chi connectivity index (χ1) is 13.6. The average Bonchev–Trinajstić information content (AvgIpc) is 2.71. The predicted molar refractivity (Wildman–Crippen MR) is 101 cm³/mol. The smallest absolute Gasteiger partial charge is 0.321 e. The summed E-state index contributed by atoms with van der Waals surface area (Å²) < 4.78 is 11.4. The van der Waals surface area contributed by atoms with Gasteiger partial charge in [0.15, 0.2) is 11.5 Å². The van der Waals surface area contributed by atoms with Crippen LogP contribution in [0.25, 0.3) is 0 Å². The zero-order valence-electron chi connectivity index (χ0n) is 16.0. The lowest BCUT2D eigenvalue weighted by molar-refractivity contribution is -0.143. The van der Waals surface area contributed by atoms with E-state index >= 15 is 0 Å². The minimum atomic E-state index is -0.660. The quantitative estimate of drug-likeness (QED) is 0.745. The lowest BCUT2D eigenvalue weighted by atomic mass is 10.2. The van der Waals surface area contributed by atoms with Crippen molar-refractivity contribution in [3.8, 4) is 11.5 Å². The Hall–Kier alpha value is -2.81. The summed E-state index contributed by atoms with van der Waals surface area (Å²) in [5, 5.41) is 4.91. The molecule has 1 aromatic carbocycles. The van der Waals surface area contributed by atoms with E-state index in [0.29, 0.717) is 44.2 Å². The molecule has 4 amide bonds. The van der Waals surface area contributed by atoms with Crippen LogP contribution in [0.3, 0.4) is 0 Å². The molecule has 2 N–H and O–H groups in total. The SMILES string of the molecule is CCCNC(=O)NC(=O)CN1CCN(C(=O)[C@H]2COc3ccccc3O2)CC1. The molecule has 0 radical (unpaired) electrons. The number of nitrogens with one attached hydrogen (secondary N) is 2. The molecule has 1 aromatic rings. The van der Waals surface area contributed by atoms with Crippen LogP contribution >= 0.6 is 0 Å². The Balaban J connectivity index is 1.42.